The van der Waals surface area contributed by atoms with E-state index in [1.165, 1.54) is 25.7 Å². The van der Waals surface area contributed by atoms with Crippen molar-refractivity contribution < 1.29 is 9.90 Å². The van der Waals surface area contributed by atoms with Crippen LogP contribution in [0.3, 0.4) is 0 Å². The summed E-state index contributed by atoms with van der Waals surface area (Å²) in [5, 5.41) is 8.90. The fraction of sp³-hybridized carbons (Fsp3) is 0.923. The number of hydrogen-bond donors (Lipinski definition) is 1. The van der Waals surface area contributed by atoms with Crippen molar-refractivity contribution in [2.75, 3.05) is 13.2 Å². The van der Waals surface area contributed by atoms with Gasteiger partial charge in [0.05, 0.1) is 6.61 Å². The Morgan fingerprint density at radius 1 is 1.38 bits per heavy atom. The molecular weight excluding hydrogens is 202 g/mol. The summed E-state index contributed by atoms with van der Waals surface area (Å²) in [5.74, 6) is 0.483. The lowest BCUT2D eigenvalue weighted by atomic mass is 9.98. The number of aliphatic hydroxyl groups is 1. The number of likely N-dealkylation sites (tertiary alicyclic amines) is 1. The lowest BCUT2D eigenvalue weighted by molar-refractivity contribution is -0.132. The monoisotopic (exact) mass is 227 g/mol. The standard InChI is InChI=1S/C13H25NO2/c1-3-4-5-6-7-12-10-11(2)14(8-9-15)13(12)16/h11-12,15H,3-10H2,1-2H3/t11-,12+/m0/s1. The first-order valence-electron chi connectivity index (χ1n) is 6.62. The van der Waals surface area contributed by atoms with Gasteiger partial charge in [0.2, 0.25) is 5.91 Å². The zero-order valence-corrected chi connectivity index (χ0v) is 10.6. The minimum absolute atomic E-state index is 0.0820. The highest BCUT2D eigenvalue weighted by atomic mass is 16.3. The summed E-state index contributed by atoms with van der Waals surface area (Å²) in [6.45, 7) is 4.87. The highest BCUT2D eigenvalue weighted by molar-refractivity contribution is 5.81. The van der Waals surface area contributed by atoms with E-state index in [9.17, 15) is 4.79 Å². The quantitative estimate of drug-likeness (QED) is 0.677. The molecule has 0 unspecified atom stereocenters. The van der Waals surface area contributed by atoms with E-state index in [4.69, 9.17) is 5.11 Å². The minimum atomic E-state index is 0.0820. The highest BCUT2D eigenvalue weighted by Crippen LogP contribution is 2.28. The molecule has 1 heterocycles. The molecule has 16 heavy (non-hydrogen) atoms. The van der Waals surface area contributed by atoms with E-state index in [0.29, 0.717) is 12.6 Å². The Bertz CT molecular complexity index is 218. The Balaban J connectivity index is 2.31. The molecular formula is C13H25NO2. The molecule has 1 N–H and O–H groups in total. The average molecular weight is 227 g/mol. The average Bonchev–Trinajstić information content (AvgIpc) is 2.53. The summed E-state index contributed by atoms with van der Waals surface area (Å²) in [5.41, 5.74) is 0. The van der Waals surface area contributed by atoms with E-state index in [-0.39, 0.29) is 18.4 Å². The van der Waals surface area contributed by atoms with Gasteiger partial charge in [-0.05, 0) is 19.8 Å². The molecule has 3 heteroatoms. The summed E-state index contributed by atoms with van der Waals surface area (Å²) in [4.78, 5) is 13.8. The predicted molar refractivity (Wildman–Crippen MR) is 65.1 cm³/mol. The van der Waals surface area contributed by atoms with E-state index >= 15 is 0 Å². The van der Waals surface area contributed by atoms with Crippen molar-refractivity contribution in [1.82, 2.24) is 4.90 Å². The van der Waals surface area contributed by atoms with Crippen LogP contribution < -0.4 is 0 Å². The first-order chi connectivity index (χ1) is 7.70. The van der Waals surface area contributed by atoms with Crippen LogP contribution in [-0.4, -0.2) is 35.1 Å². The van der Waals surface area contributed by atoms with Gasteiger partial charge in [-0.2, -0.15) is 0 Å². The molecule has 94 valence electrons. The van der Waals surface area contributed by atoms with Crippen molar-refractivity contribution >= 4 is 5.91 Å². The van der Waals surface area contributed by atoms with E-state index in [2.05, 4.69) is 13.8 Å². The molecule has 0 spiro atoms. The maximum atomic E-state index is 12.0. The Kier molecular flexibility index (Phi) is 5.81. The zero-order chi connectivity index (χ0) is 12.0. The molecule has 0 aromatic heterocycles. The van der Waals surface area contributed by atoms with Crippen molar-refractivity contribution in [2.45, 2.75) is 58.4 Å². The summed E-state index contributed by atoms with van der Waals surface area (Å²) in [6.07, 6.45) is 6.94. The number of unbranched alkanes of at least 4 members (excludes halogenated alkanes) is 3. The molecule has 1 rings (SSSR count). The van der Waals surface area contributed by atoms with Gasteiger partial charge in [-0.15, -0.1) is 0 Å². The number of nitrogens with zero attached hydrogens (tertiary/aromatic N) is 1. The summed E-state index contributed by atoms with van der Waals surface area (Å²) < 4.78 is 0. The second-order valence-electron chi connectivity index (χ2n) is 4.89. The van der Waals surface area contributed by atoms with Gasteiger partial charge in [-0.3, -0.25) is 4.79 Å². The number of carbonyl (C=O) groups is 1. The molecule has 1 saturated heterocycles. The van der Waals surface area contributed by atoms with Gasteiger partial charge in [0.15, 0.2) is 0 Å². The van der Waals surface area contributed by atoms with Crippen molar-refractivity contribution in [1.29, 1.82) is 0 Å². The van der Waals surface area contributed by atoms with Crippen molar-refractivity contribution in [3.05, 3.63) is 0 Å². The van der Waals surface area contributed by atoms with Crippen LogP contribution in [0.2, 0.25) is 0 Å². The molecule has 3 nitrogen and oxygen atoms in total. The molecule has 1 fully saturated rings. The predicted octanol–water partition coefficient (Wildman–Crippen LogP) is 2.19. The maximum Gasteiger partial charge on any atom is 0.226 e. The number of rotatable bonds is 7. The second kappa shape index (κ2) is 6.89. The van der Waals surface area contributed by atoms with Crippen LogP contribution in [0.5, 0.6) is 0 Å². The van der Waals surface area contributed by atoms with Gasteiger partial charge in [-0.1, -0.05) is 32.6 Å². The highest BCUT2D eigenvalue weighted by Gasteiger charge is 2.35. The van der Waals surface area contributed by atoms with Gasteiger partial charge in [0.1, 0.15) is 0 Å². The smallest absolute Gasteiger partial charge is 0.226 e. The molecule has 0 radical (unpaired) electrons. The number of amides is 1. The molecule has 0 aromatic rings. The molecule has 1 aliphatic heterocycles. The van der Waals surface area contributed by atoms with Crippen LogP contribution in [0.4, 0.5) is 0 Å². The number of aliphatic hydroxyl groups excluding tert-OH is 1. The van der Waals surface area contributed by atoms with Crippen molar-refractivity contribution in [3.63, 3.8) is 0 Å². The second-order valence-corrected chi connectivity index (χ2v) is 4.89. The SMILES string of the molecule is CCCCCC[C@@H]1C[C@H](C)N(CCO)C1=O. The fourth-order valence-corrected chi connectivity index (χ4v) is 2.59. The third-order valence-corrected chi connectivity index (χ3v) is 3.54. The van der Waals surface area contributed by atoms with Crippen LogP contribution >= 0.6 is 0 Å². The first-order valence-corrected chi connectivity index (χ1v) is 6.62. The van der Waals surface area contributed by atoms with Crippen molar-refractivity contribution in [3.8, 4) is 0 Å². The van der Waals surface area contributed by atoms with Gasteiger partial charge in [0.25, 0.3) is 0 Å². The van der Waals surface area contributed by atoms with Gasteiger partial charge >= 0.3 is 0 Å². The Morgan fingerprint density at radius 2 is 2.12 bits per heavy atom. The molecule has 2 atom stereocenters. The largest absolute Gasteiger partial charge is 0.395 e. The fourth-order valence-electron chi connectivity index (χ4n) is 2.59. The Labute approximate surface area is 98.8 Å². The third kappa shape index (κ3) is 3.48. The van der Waals surface area contributed by atoms with E-state index in [1.54, 1.807) is 0 Å². The normalized spacial score (nSPS) is 25.4. The zero-order valence-electron chi connectivity index (χ0n) is 10.6. The number of carbonyl (C=O) groups excluding carboxylic acids is 1. The number of hydrogen-bond acceptors (Lipinski definition) is 2. The van der Waals surface area contributed by atoms with Gasteiger partial charge in [-0.25, -0.2) is 0 Å². The third-order valence-electron chi connectivity index (χ3n) is 3.54. The van der Waals surface area contributed by atoms with E-state index < -0.39 is 0 Å². The number of β-amino-alcohol motifs (C(OH)–C–C–N with tert-alkyl or cyclic N) is 1. The summed E-state index contributed by atoms with van der Waals surface area (Å²) in [6, 6.07) is 0.316. The molecule has 0 aliphatic carbocycles. The van der Waals surface area contributed by atoms with Crippen LogP contribution in [-0.2, 0) is 4.79 Å². The Morgan fingerprint density at radius 3 is 2.75 bits per heavy atom. The van der Waals surface area contributed by atoms with E-state index in [0.717, 1.165) is 12.8 Å². The molecule has 0 aromatic carbocycles. The van der Waals surface area contributed by atoms with Crippen molar-refractivity contribution in [2.24, 2.45) is 5.92 Å². The lowest BCUT2D eigenvalue weighted by Gasteiger charge is -2.20. The van der Waals surface area contributed by atoms with Gasteiger partial charge < -0.3 is 10.0 Å². The van der Waals surface area contributed by atoms with E-state index in [1.807, 2.05) is 4.90 Å². The minimum Gasteiger partial charge on any atom is -0.395 e. The molecule has 1 aliphatic rings. The van der Waals surface area contributed by atoms with Crippen LogP contribution in [0.25, 0.3) is 0 Å². The first kappa shape index (κ1) is 13.5. The van der Waals surface area contributed by atoms with Crippen LogP contribution in [0, 0.1) is 5.92 Å². The maximum absolute atomic E-state index is 12.0. The Hall–Kier alpha value is -0.570. The lowest BCUT2D eigenvalue weighted by Crippen LogP contribution is -2.34. The molecule has 1 amide bonds. The summed E-state index contributed by atoms with van der Waals surface area (Å²) >= 11 is 0. The molecule has 0 saturated carbocycles. The molecule has 0 bridgehead atoms. The topological polar surface area (TPSA) is 40.5 Å². The summed E-state index contributed by atoms with van der Waals surface area (Å²) in [7, 11) is 0. The van der Waals surface area contributed by atoms with Crippen LogP contribution in [0.1, 0.15) is 52.4 Å². The van der Waals surface area contributed by atoms with Gasteiger partial charge in [0, 0.05) is 18.5 Å². The van der Waals surface area contributed by atoms with Crippen LogP contribution in [0.15, 0.2) is 0 Å².